The topological polar surface area (TPSA) is 44.8 Å². The lowest BCUT2D eigenvalue weighted by Crippen LogP contribution is -2.01. The van der Waals surface area contributed by atoms with Crippen molar-refractivity contribution in [2.75, 3.05) is 21.3 Å². The Hall–Kier alpha value is -1.71. The van der Waals surface area contributed by atoms with Crippen LogP contribution in [0.2, 0.25) is 0 Å². The van der Waals surface area contributed by atoms with E-state index in [-0.39, 0.29) is 5.92 Å². The van der Waals surface area contributed by atoms with E-state index in [0.29, 0.717) is 23.7 Å². The van der Waals surface area contributed by atoms with Gasteiger partial charge in [0.05, 0.1) is 21.3 Å². The second kappa shape index (κ2) is 6.13. The molecule has 0 aromatic heterocycles. The summed E-state index contributed by atoms with van der Waals surface area (Å²) in [5.74, 6) is 2.05. The molecule has 1 atom stereocenters. The molecule has 0 bridgehead atoms. The maximum absolute atomic E-state index is 10.6. The number of ether oxygens (including phenoxy) is 3. The molecule has 1 aromatic carbocycles. The predicted molar refractivity (Wildman–Crippen MR) is 65.2 cm³/mol. The average Bonchev–Trinajstić information content (AvgIpc) is 2.37. The van der Waals surface area contributed by atoms with Gasteiger partial charge in [-0.05, 0) is 12.0 Å². The molecular formula is C13H18O4. The summed E-state index contributed by atoms with van der Waals surface area (Å²) in [6.45, 7) is 1.97. The third kappa shape index (κ3) is 2.90. The molecule has 0 radical (unpaired) electrons. The Balaban J connectivity index is 3.22. The summed E-state index contributed by atoms with van der Waals surface area (Å²) in [5.41, 5.74) is 0.942. The number of benzene rings is 1. The lowest BCUT2D eigenvalue weighted by molar-refractivity contribution is -0.108. The second-order valence-electron chi connectivity index (χ2n) is 3.75. The van der Waals surface area contributed by atoms with Crippen LogP contribution in [0.15, 0.2) is 12.1 Å². The van der Waals surface area contributed by atoms with Crippen molar-refractivity contribution in [3.63, 3.8) is 0 Å². The number of hydrogen-bond donors (Lipinski definition) is 0. The summed E-state index contributed by atoms with van der Waals surface area (Å²) in [4.78, 5) is 10.6. The first-order valence-electron chi connectivity index (χ1n) is 5.41. The van der Waals surface area contributed by atoms with Gasteiger partial charge in [0.1, 0.15) is 12.0 Å². The van der Waals surface area contributed by atoms with E-state index in [1.807, 2.05) is 13.0 Å². The molecule has 0 amide bonds. The minimum atomic E-state index is 0.0854. The Morgan fingerprint density at radius 2 is 1.59 bits per heavy atom. The lowest BCUT2D eigenvalue weighted by Gasteiger charge is -2.17. The van der Waals surface area contributed by atoms with Crippen LogP contribution in [0.3, 0.4) is 0 Å². The van der Waals surface area contributed by atoms with Gasteiger partial charge in [-0.25, -0.2) is 0 Å². The SMILES string of the molecule is COc1cc(OC)c(C(C)CC=O)cc1OC. The second-order valence-corrected chi connectivity index (χ2v) is 3.75. The smallest absolute Gasteiger partial charge is 0.164 e. The fraction of sp³-hybridized carbons (Fsp3) is 0.462. The van der Waals surface area contributed by atoms with Gasteiger partial charge in [0, 0.05) is 18.1 Å². The van der Waals surface area contributed by atoms with Gasteiger partial charge in [-0.1, -0.05) is 6.92 Å². The molecule has 0 saturated carbocycles. The van der Waals surface area contributed by atoms with E-state index >= 15 is 0 Å². The summed E-state index contributed by atoms with van der Waals surface area (Å²) in [6.07, 6.45) is 1.35. The van der Waals surface area contributed by atoms with Crippen LogP contribution in [0.4, 0.5) is 0 Å². The van der Waals surface area contributed by atoms with Crippen molar-refractivity contribution >= 4 is 6.29 Å². The number of aldehydes is 1. The van der Waals surface area contributed by atoms with Crippen LogP contribution in [-0.4, -0.2) is 27.6 Å². The van der Waals surface area contributed by atoms with Gasteiger partial charge in [-0.3, -0.25) is 0 Å². The van der Waals surface area contributed by atoms with Crippen molar-refractivity contribution in [3.8, 4) is 17.2 Å². The van der Waals surface area contributed by atoms with E-state index in [0.717, 1.165) is 11.8 Å². The monoisotopic (exact) mass is 238 g/mol. The van der Waals surface area contributed by atoms with Crippen LogP contribution in [0.5, 0.6) is 17.2 Å². The Labute approximate surface area is 101 Å². The summed E-state index contributed by atoms with van der Waals surface area (Å²) in [7, 11) is 4.75. The van der Waals surface area contributed by atoms with Gasteiger partial charge < -0.3 is 19.0 Å². The summed E-state index contributed by atoms with van der Waals surface area (Å²) < 4.78 is 15.7. The molecule has 1 aromatic rings. The summed E-state index contributed by atoms with van der Waals surface area (Å²) in [5, 5.41) is 0. The number of methoxy groups -OCH3 is 3. The third-order valence-electron chi connectivity index (χ3n) is 2.72. The van der Waals surface area contributed by atoms with Crippen LogP contribution in [-0.2, 0) is 4.79 Å². The van der Waals surface area contributed by atoms with Crippen LogP contribution >= 0.6 is 0 Å². The molecule has 0 aliphatic carbocycles. The maximum atomic E-state index is 10.6. The molecule has 1 unspecified atom stereocenters. The fourth-order valence-electron chi connectivity index (χ4n) is 1.71. The minimum Gasteiger partial charge on any atom is -0.496 e. The number of carbonyl (C=O) groups is 1. The minimum absolute atomic E-state index is 0.0854. The molecule has 0 saturated heterocycles. The highest BCUT2D eigenvalue weighted by molar-refractivity contribution is 5.56. The van der Waals surface area contributed by atoms with E-state index in [9.17, 15) is 4.79 Å². The highest BCUT2D eigenvalue weighted by Gasteiger charge is 2.16. The Bertz CT molecular complexity index is 387. The van der Waals surface area contributed by atoms with Crippen molar-refractivity contribution in [2.45, 2.75) is 19.3 Å². The number of rotatable bonds is 6. The van der Waals surface area contributed by atoms with Gasteiger partial charge in [0.2, 0.25) is 0 Å². The van der Waals surface area contributed by atoms with Crippen LogP contribution < -0.4 is 14.2 Å². The Morgan fingerprint density at radius 1 is 1.06 bits per heavy atom. The largest absolute Gasteiger partial charge is 0.496 e. The van der Waals surface area contributed by atoms with E-state index in [1.54, 1.807) is 27.4 Å². The van der Waals surface area contributed by atoms with Crippen LogP contribution in [0.25, 0.3) is 0 Å². The van der Waals surface area contributed by atoms with Gasteiger partial charge in [-0.2, -0.15) is 0 Å². The first-order valence-corrected chi connectivity index (χ1v) is 5.41. The van der Waals surface area contributed by atoms with Crippen molar-refractivity contribution in [1.82, 2.24) is 0 Å². The zero-order valence-electron chi connectivity index (χ0n) is 10.6. The zero-order chi connectivity index (χ0) is 12.8. The number of hydrogen-bond acceptors (Lipinski definition) is 4. The summed E-state index contributed by atoms with van der Waals surface area (Å²) in [6, 6.07) is 3.63. The fourth-order valence-corrected chi connectivity index (χ4v) is 1.71. The molecule has 0 heterocycles. The standard InChI is InChI=1S/C13H18O4/c1-9(5-6-14)10-7-12(16-3)13(17-4)8-11(10)15-2/h6-9H,5H2,1-4H3. The molecular weight excluding hydrogens is 220 g/mol. The van der Waals surface area contributed by atoms with Gasteiger partial charge in [0.25, 0.3) is 0 Å². The average molecular weight is 238 g/mol. The van der Waals surface area contributed by atoms with Crippen LogP contribution in [0.1, 0.15) is 24.8 Å². The maximum Gasteiger partial charge on any atom is 0.164 e. The third-order valence-corrected chi connectivity index (χ3v) is 2.72. The zero-order valence-corrected chi connectivity index (χ0v) is 10.6. The predicted octanol–water partition coefficient (Wildman–Crippen LogP) is 2.40. The van der Waals surface area contributed by atoms with Crippen molar-refractivity contribution in [3.05, 3.63) is 17.7 Å². The van der Waals surface area contributed by atoms with Crippen LogP contribution in [0, 0.1) is 0 Å². The molecule has 94 valence electrons. The Morgan fingerprint density at radius 3 is 2.06 bits per heavy atom. The van der Waals surface area contributed by atoms with E-state index < -0.39 is 0 Å². The van der Waals surface area contributed by atoms with Crippen molar-refractivity contribution in [2.24, 2.45) is 0 Å². The van der Waals surface area contributed by atoms with Gasteiger partial charge in [0.15, 0.2) is 11.5 Å². The first kappa shape index (κ1) is 13.4. The quantitative estimate of drug-likeness (QED) is 0.714. The highest BCUT2D eigenvalue weighted by Crippen LogP contribution is 2.38. The number of carbonyl (C=O) groups excluding carboxylic acids is 1. The molecule has 17 heavy (non-hydrogen) atoms. The lowest BCUT2D eigenvalue weighted by atomic mass is 9.97. The highest BCUT2D eigenvalue weighted by atomic mass is 16.5. The molecule has 0 spiro atoms. The molecule has 0 aliphatic rings. The van der Waals surface area contributed by atoms with Gasteiger partial charge in [-0.15, -0.1) is 0 Å². The van der Waals surface area contributed by atoms with E-state index in [1.165, 1.54) is 0 Å². The van der Waals surface area contributed by atoms with E-state index in [4.69, 9.17) is 14.2 Å². The molecule has 4 nitrogen and oxygen atoms in total. The summed E-state index contributed by atoms with van der Waals surface area (Å²) >= 11 is 0. The molecule has 4 heteroatoms. The van der Waals surface area contributed by atoms with Crippen molar-refractivity contribution in [1.29, 1.82) is 0 Å². The Kier molecular flexibility index (Phi) is 4.82. The molecule has 1 rings (SSSR count). The van der Waals surface area contributed by atoms with E-state index in [2.05, 4.69) is 0 Å². The molecule has 0 fully saturated rings. The first-order chi connectivity index (χ1) is 8.17. The van der Waals surface area contributed by atoms with Gasteiger partial charge >= 0.3 is 0 Å². The molecule has 0 N–H and O–H groups in total. The normalized spacial score (nSPS) is 11.8. The molecule has 0 aliphatic heterocycles. The van der Waals surface area contributed by atoms with Crippen molar-refractivity contribution < 1.29 is 19.0 Å².